The molecule has 8 heteroatoms. The van der Waals surface area contributed by atoms with E-state index in [1.165, 1.54) is 0 Å². The molecule has 0 atom stereocenters. The van der Waals surface area contributed by atoms with Crippen molar-refractivity contribution >= 4 is 21.7 Å². The number of sulfonamides is 1. The minimum atomic E-state index is -3.66. The molecule has 7 nitrogen and oxygen atoms in total. The minimum absolute atomic E-state index is 0.0386. The van der Waals surface area contributed by atoms with Crippen molar-refractivity contribution < 1.29 is 27.8 Å². The second-order valence-electron chi connectivity index (χ2n) is 7.14. The molecule has 168 valence electrons. The van der Waals surface area contributed by atoms with E-state index in [4.69, 9.17) is 14.6 Å². The molecule has 0 fully saturated rings. The smallest absolute Gasteiger partial charge is 0.303 e. The summed E-state index contributed by atoms with van der Waals surface area (Å²) in [6.07, 6.45) is 0.434. The molecule has 0 unspecified atom stereocenters. The molecule has 0 radical (unpaired) electrons. The van der Waals surface area contributed by atoms with Gasteiger partial charge in [0.2, 0.25) is 0 Å². The molecule has 0 saturated carbocycles. The van der Waals surface area contributed by atoms with E-state index < -0.39 is 16.0 Å². The van der Waals surface area contributed by atoms with E-state index in [0.29, 0.717) is 23.6 Å². The van der Waals surface area contributed by atoms with E-state index in [9.17, 15) is 13.2 Å². The molecule has 0 aromatic heterocycles. The largest absolute Gasteiger partial charge is 0.490 e. The zero-order chi connectivity index (χ0) is 23.0. The number of ether oxygens (including phenoxy) is 2. The van der Waals surface area contributed by atoms with Gasteiger partial charge in [-0.3, -0.25) is 9.52 Å². The normalized spacial score (nSPS) is 11.0. The molecule has 0 bridgehead atoms. The average molecular weight is 456 g/mol. The molecule has 0 aliphatic carbocycles. The Morgan fingerprint density at radius 3 is 2.25 bits per heavy atom. The van der Waals surface area contributed by atoms with Gasteiger partial charge in [-0.15, -0.1) is 0 Å². The molecule has 0 aliphatic heterocycles. The number of aliphatic carboxylic acids is 1. The lowest BCUT2D eigenvalue weighted by Crippen LogP contribution is -2.13. The van der Waals surface area contributed by atoms with E-state index in [0.717, 1.165) is 11.1 Å². The zero-order valence-corrected chi connectivity index (χ0v) is 18.5. The summed E-state index contributed by atoms with van der Waals surface area (Å²) in [6.45, 7) is 2.46. The second kappa shape index (κ2) is 10.7. The van der Waals surface area contributed by atoms with Gasteiger partial charge in [0.05, 0.1) is 4.90 Å². The third-order valence-corrected chi connectivity index (χ3v) is 6.03. The van der Waals surface area contributed by atoms with E-state index in [1.54, 1.807) is 54.6 Å². The molecule has 32 heavy (non-hydrogen) atoms. The number of carbonyl (C=O) groups is 1. The van der Waals surface area contributed by atoms with Gasteiger partial charge in [0.25, 0.3) is 10.0 Å². The average Bonchev–Trinajstić information content (AvgIpc) is 2.77. The number of carboxylic acid groups (broad SMARTS) is 1. The summed E-state index contributed by atoms with van der Waals surface area (Å²) >= 11 is 0. The van der Waals surface area contributed by atoms with Crippen LogP contribution in [0.4, 0.5) is 5.69 Å². The van der Waals surface area contributed by atoms with Crippen LogP contribution in [0.3, 0.4) is 0 Å². The van der Waals surface area contributed by atoms with Gasteiger partial charge in [0.15, 0.2) is 0 Å². The first-order valence-electron chi connectivity index (χ1n) is 10.1. The van der Waals surface area contributed by atoms with Crippen LogP contribution < -0.4 is 14.2 Å². The lowest BCUT2D eigenvalue weighted by molar-refractivity contribution is -0.136. The third-order valence-electron chi connectivity index (χ3n) is 4.63. The fraction of sp³-hybridized carbons (Fsp3) is 0.208. The topological polar surface area (TPSA) is 102 Å². The number of hydrogen-bond donors (Lipinski definition) is 2. The second-order valence-corrected chi connectivity index (χ2v) is 8.82. The number of nitrogens with one attached hydrogen (secondary N) is 1. The van der Waals surface area contributed by atoms with Crippen LogP contribution in [-0.2, 0) is 21.2 Å². The number of rotatable bonds is 11. The van der Waals surface area contributed by atoms with Gasteiger partial charge in [-0.2, -0.15) is 0 Å². The van der Waals surface area contributed by atoms with Crippen LogP contribution in [0.25, 0.3) is 0 Å². The molecule has 3 rings (SSSR count). The Bertz CT molecular complexity index is 1140. The first-order valence-corrected chi connectivity index (χ1v) is 11.6. The monoisotopic (exact) mass is 455 g/mol. The van der Waals surface area contributed by atoms with Gasteiger partial charge >= 0.3 is 5.97 Å². The van der Waals surface area contributed by atoms with Gasteiger partial charge < -0.3 is 14.6 Å². The summed E-state index contributed by atoms with van der Waals surface area (Å²) in [4.78, 5) is 11.0. The van der Waals surface area contributed by atoms with Crippen LogP contribution in [0.15, 0.2) is 77.7 Å². The quantitative estimate of drug-likeness (QED) is 0.419. The summed E-state index contributed by atoms with van der Waals surface area (Å²) in [5, 5.41) is 8.86. The van der Waals surface area contributed by atoms with Crippen molar-refractivity contribution in [2.24, 2.45) is 0 Å². The molecule has 0 saturated heterocycles. The Kier molecular flexibility index (Phi) is 7.72. The van der Waals surface area contributed by atoms with Crippen LogP contribution in [0.2, 0.25) is 0 Å². The van der Waals surface area contributed by atoms with Crippen molar-refractivity contribution in [2.45, 2.75) is 24.7 Å². The number of benzene rings is 3. The predicted octanol–water partition coefficient (Wildman–Crippen LogP) is 4.27. The van der Waals surface area contributed by atoms with Crippen LogP contribution in [0, 0.1) is 6.92 Å². The SMILES string of the molecule is Cc1ccc(S(=O)(=O)Nc2ccc(OCCOc3ccccc3CCC(=O)O)cc2)cc1. The molecule has 0 spiro atoms. The molecule has 0 amide bonds. The molecular formula is C24H25NO6S. The molecule has 3 aromatic rings. The van der Waals surface area contributed by atoms with Crippen LogP contribution in [0.5, 0.6) is 11.5 Å². The number of anilines is 1. The van der Waals surface area contributed by atoms with Crippen molar-refractivity contribution in [3.8, 4) is 11.5 Å². The van der Waals surface area contributed by atoms with E-state index in [-0.39, 0.29) is 24.5 Å². The first kappa shape index (κ1) is 23.1. The molecule has 0 aliphatic rings. The molecule has 0 heterocycles. The summed E-state index contributed by atoms with van der Waals surface area (Å²) in [5.74, 6) is 0.358. The maximum atomic E-state index is 12.5. The lowest BCUT2D eigenvalue weighted by Gasteiger charge is -2.12. The standard InChI is InChI=1S/C24H25NO6S/c1-18-6-13-22(14-7-18)32(28,29)25-20-9-11-21(12-10-20)30-16-17-31-23-5-3-2-4-19(23)8-15-24(26)27/h2-7,9-14,25H,8,15-17H2,1H3,(H,26,27). The van der Waals surface area contributed by atoms with Gasteiger partial charge in [-0.1, -0.05) is 35.9 Å². The van der Waals surface area contributed by atoms with Crippen molar-refractivity contribution in [3.05, 3.63) is 83.9 Å². The lowest BCUT2D eigenvalue weighted by atomic mass is 10.1. The van der Waals surface area contributed by atoms with Gasteiger partial charge in [-0.05, 0) is 61.4 Å². The first-order chi connectivity index (χ1) is 15.3. The van der Waals surface area contributed by atoms with Crippen molar-refractivity contribution in [2.75, 3.05) is 17.9 Å². The molecule has 3 aromatic carbocycles. The summed E-state index contributed by atoms with van der Waals surface area (Å²) < 4.78 is 38.9. The van der Waals surface area contributed by atoms with Crippen LogP contribution in [-0.4, -0.2) is 32.7 Å². The van der Waals surface area contributed by atoms with E-state index >= 15 is 0 Å². The van der Waals surface area contributed by atoms with Gasteiger partial charge in [0.1, 0.15) is 24.7 Å². The van der Waals surface area contributed by atoms with Crippen LogP contribution >= 0.6 is 0 Å². The molecular weight excluding hydrogens is 430 g/mol. The number of aryl methyl sites for hydroxylation is 2. The number of hydrogen-bond acceptors (Lipinski definition) is 5. The number of para-hydroxylation sites is 1. The zero-order valence-electron chi connectivity index (χ0n) is 17.7. The Labute approximate surface area is 187 Å². The predicted molar refractivity (Wildman–Crippen MR) is 122 cm³/mol. The maximum Gasteiger partial charge on any atom is 0.303 e. The van der Waals surface area contributed by atoms with Gasteiger partial charge in [-0.25, -0.2) is 8.42 Å². The van der Waals surface area contributed by atoms with E-state index in [2.05, 4.69) is 4.72 Å². The fourth-order valence-electron chi connectivity index (χ4n) is 2.95. The Morgan fingerprint density at radius 2 is 1.56 bits per heavy atom. The highest BCUT2D eigenvalue weighted by atomic mass is 32.2. The Morgan fingerprint density at radius 1 is 0.906 bits per heavy atom. The summed E-state index contributed by atoms with van der Waals surface area (Å²) in [5.41, 5.74) is 2.25. The fourth-order valence-corrected chi connectivity index (χ4v) is 4.01. The van der Waals surface area contributed by atoms with Crippen molar-refractivity contribution in [1.82, 2.24) is 0 Å². The van der Waals surface area contributed by atoms with Crippen molar-refractivity contribution in [3.63, 3.8) is 0 Å². The summed E-state index contributed by atoms with van der Waals surface area (Å²) in [7, 11) is -3.66. The maximum absolute atomic E-state index is 12.5. The molecule has 2 N–H and O–H groups in total. The third kappa shape index (κ3) is 6.75. The highest BCUT2D eigenvalue weighted by Crippen LogP contribution is 2.21. The minimum Gasteiger partial charge on any atom is -0.490 e. The summed E-state index contributed by atoms with van der Waals surface area (Å²) in [6, 6.07) is 20.5. The Hall–Kier alpha value is -3.52. The Balaban J connectivity index is 1.49. The van der Waals surface area contributed by atoms with Gasteiger partial charge in [0, 0.05) is 12.1 Å². The highest BCUT2D eigenvalue weighted by Gasteiger charge is 2.13. The van der Waals surface area contributed by atoms with Crippen molar-refractivity contribution in [1.29, 1.82) is 0 Å². The van der Waals surface area contributed by atoms with Crippen LogP contribution in [0.1, 0.15) is 17.5 Å². The van der Waals surface area contributed by atoms with E-state index in [1.807, 2.05) is 25.1 Å². The highest BCUT2D eigenvalue weighted by molar-refractivity contribution is 7.92. The number of carboxylic acids is 1.